The van der Waals surface area contributed by atoms with Crippen LogP contribution in [0.5, 0.6) is 0 Å². The van der Waals surface area contributed by atoms with Gasteiger partial charge in [0.05, 0.1) is 0 Å². The third-order valence-corrected chi connectivity index (χ3v) is 4.51. The monoisotopic (exact) mass is 240 g/mol. The van der Waals surface area contributed by atoms with Crippen LogP contribution < -0.4 is 5.32 Å². The molecule has 1 aliphatic carbocycles. The van der Waals surface area contributed by atoms with Crippen LogP contribution in [0.25, 0.3) is 0 Å². The van der Waals surface area contributed by atoms with Crippen molar-refractivity contribution in [3.8, 4) is 0 Å². The molecular formula is C14H28N2O. The normalized spacial score (nSPS) is 33.5. The molecule has 2 N–H and O–H groups in total. The lowest BCUT2D eigenvalue weighted by molar-refractivity contribution is 0.0578. The van der Waals surface area contributed by atoms with Crippen molar-refractivity contribution in [2.24, 2.45) is 0 Å². The molecule has 0 aromatic rings. The lowest BCUT2D eigenvalue weighted by Gasteiger charge is -2.42. The van der Waals surface area contributed by atoms with Gasteiger partial charge in [-0.15, -0.1) is 0 Å². The molecule has 0 spiro atoms. The van der Waals surface area contributed by atoms with Gasteiger partial charge in [-0.1, -0.05) is 19.3 Å². The summed E-state index contributed by atoms with van der Waals surface area (Å²) in [5.74, 6) is 0. The second-order valence-electron chi connectivity index (χ2n) is 5.75. The molecule has 2 atom stereocenters. The Bertz CT molecular complexity index is 216. The molecule has 0 radical (unpaired) electrons. The highest BCUT2D eigenvalue weighted by Crippen LogP contribution is 2.28. The fraction of sp³-hybridized carbons (Fsp3) is 1.00. The predicted octanol–water partition coefficient (Wildman–Crippen LogP) is 1.75. The van der Waals surface area contributed by atoms with E-state index in [1.165, 1.54) is 38.5 Å². The first-order valence-electron chi connectivity index (χ1n) is 7.42. The molecule has 1 saturated heterocycles. The summed E-state index contributed by atoms with van der Waals surface area (Å²) in [7, 11) is 0. The fourth-order valence-corrected chi connectivity index (χ4v) is 3.63. The number of hydrogen-bond donors (Lipinski definition) is 2. The van der Waals surface area contributed by atoms with Gasteiger partial charge >= 0.3 is 0 Å². The minimum Gasteiger partial charge on any atom is -0.396 e. The molecule has 0 aromatic heterocycles. The number of rotatable bonds is 3. The van der Waals surface area contributed by atoms with Crippen molar-refractivity contribution < 1.29 is 5.11 Å². The first-order chi connectivity index (χ1) is 8.33. The van der Waals surface area contributed by atoms with Gasteiger partial charge in [0, 0.05) is 31.3 Å². The van der Waals surface area contributed by atoms with E-state index in [0.717, 1.165) is 25.6 Å². The van der Waals surface area contributed by atoms with Gasteiger partial charge in [0.1, 0.15) is 0 Å². The van der Waals surface area contributed by atoms with E-state index in [1.54, 1.807) is 0 Å². The van der Waals surface area contributed by atoms with Crippen molar-refractivity contribution in [3.05, 3.63) is 0 Å². The lowest BCUT2D eigenvalue weighted by Crippen LogP contribution is -2.50. The van der Waals surface area contributed by atoms with Crippen LogP contribution in [-0.4, -0.2) is 47.8 Å². The van der Waals surface area contributed by atoms with Crippen LogP contribution in [0.1, 0.15) is 51.9 Å². The summed E-state index contributed by atoms with van der Waals surface area (Å²) in [6.45, 7) is 4.88. The van der Waals surface area contributed by atoms with Crippen molar-refractivity contribution in [2.45, 2.75) is 70.0 Å². The van der Waals surface area contributed by atoms with Gasteiger partial charge in [-0.25, -0.2) is 0 Å². The van der Waals surface area contributed by atoms with Crippen LogP contribution in [0.2, 0.25) is 0 Å². The first kappa shape index (κ1) is 13.3. The van der Waals surface area contributed by atoms with Crippen LogP contribution in [-0.2, 0) is 0 Å². The summed E-state index contributed by atoms with van der Waals surface area (Å²) >= 11 is 0. The fourth-order valence-electron chi connectivity index (χ4n) is 3.63. The van der Waals surface area contributed by atoms with Crippen molar-refractivity contribution in [3.63, 3.8) is 0 Å². The summed E-state index contributed by atoms with van der Waals surface area (Å²) < 4.78 is 0. The molecule has 0 bridgehead atoms. The summed E-state index contributed by atoms with van der Waals surface area (Å²) in [6, 6.07) is 1.99. The van der Waals surface area contributed by atoms with Gasteiger partial charge in [-0.2, -0.15) is 0 Å². The smallest absolute Gasteiger partial charge is 0.0446 e. The molecule has 0 amide bonds. The molecule has 2 aliphatic rings. The molecule has 3 heteroatoms. The molecule has 2 unspecified atom stereocenters. The Balaban J connectivity index is 2.04. The third kappa shape index (κ3) is 3.43. The topological polar surface area (TPSA) is 35.5 Å². The molecule has 1 saturated carbocycles. The summed E-state index contributed by atoms with van der Waals surface area (Å²) in [6.07, 6.45) is 9.12. The molecule has 100 valence electrons. The highest BCUT2D eigenvalue weighted by molar-refractivity contribution is 4.88. The average Bonchev–Trinajstić information content (AvgIpc) is 2.53. The van der Waals surface area contributed by atoms with E-state index >= 15 is 0 Å². The second kappa shape index (κ2) is 6.72. The van der Waals surface area contributed by atoms with Crippen molar-refractivity contribution >= 4 is 0 Å². The number of nitrogens with one attached hydrogen (secondary N) is 1. The summed E-state index contributed by atoms with van der Waals surface area (Å²) in [4.78, 5) is 2.73. The number of aliphatic hydroxyl groups is 1. The molecule has 2 fully saturated rings. The Morgan fingerprint density at radius 1 is 1.18 bits per heavy atom. The lowest BCUT2D eigenvalue weighted by atomic mass is 9.91. The number of hydrogen-bond acceptors (Lipinski definition) is 3. The molecule has 0 aromatic carbocycles. The Hall–Kier alpha value is -0.120. The number of nitrogens with zero attached hydrogens (tertiary/aromatic N) is 1. The quantitative estimate of drug-likeness (QED) is 0.789. The van der Waals surface area contributed by atoms with E-state index in [0.29, 0.717) is 18.7 Å². The van der Waals surface area contributed by atoms with Crippen LogP contribution in [0.3, 0.4) is 0 Å². The SMILES string of the molecule is CC1CCNCC(CCO)N1C1CCCCC1. The minimum atomic E-state index is 0.322. The standard InChI is InChI=1S/C14H28N2O/c1-12-7-9-15-11-14(8-10-17)16(12)13-5-3-2-4-6-13/h12-15,17H,2-11H2,1H3. The molecule has 3 nitrogen and oxygen atoms in total. The Morgan fingerprint density at radius 3 is 2.65 bits per heavy atom. The van der Waals surface area contributed by atoms with E-state index < -0.39 is 0 Å². The van der Waals surface area contributed by atoms with Gasteiger partial charge in [0.25, 0.3) is 0 Å². The Morgan fingerprint density at radius 2 is 1.94 bits per heavy atom. The van der Waals surface area contributed by atoms with Crippen molar-refractivity contribution in [2.75, 3.05) is 19.7 Å². The van der Waals surface area contributed by atoms with Crippen molar-refractivity contribution in [1.82, 2.24) is 10.2 Å². The maximum atomic E-state index is 9.26. The van der Waals surface area contributed by atoms with E-state index in [-0.39, 0.29) is 0 Å². The zero-order chi connectivity index (χ0) is 12.1. The van der Waals surface area contributed by atoms with E-state index in [9.17, 15) is 5.11 Å². The van der Waals surface area contributed by atoms with Crippen LogP contribution >= 0.6 is 0 Å². The zero-order valence-electron chi connectivity index (χ0n) is 11.2. The molecule has 2 rings (SSSR count). The predicted molar refractivity (Wildman–Crippen MR) is 71.2 cm³/mol. The van der Waals surface area contributed by atoms with E-state index in [4.69, 9.17) is 0 Å². The van der Waals surface area contributed by atoms with Crippen LogP contribution in [0.4, 0.5) is 0 Å². The summed E-state index contributed by atoms with van der Waals surface area (Å²) in [5.41, 5.74) is 0. The average molecular weight is 240 g/mol. The van der Waals surface area contributed by atoms with Crippen molar-refractivity contribution in [1.29, 1.82) is 0 Å². The second-order valence-corrected chi connectivity index (χ2v) is 5.75. The minimum absolute atomic E-state index is 0.322. The van der Waals surface area contributed by atoms with Gasteiger partial charge in [0.15, 0.2) is 0 Å². The van der Waals surface area contributed by atoms with Crippen LogP contribution in [0.15, 0.2) is 0 Å². The highest BCUT2D eigenvalue weighted by Gasteiger charge is 2.32. The van der Waals surface area contributed by atoms with Gasteiger partial charge in [-0.3, -0.25) is 4.90 Å². The Kier molecular flexibility index (Phi) is 5.26. The van der Waals surface area contributed by atoms with Gasteiger partial charge < -0.3 is 10.4 Å². The molecule has 1 heterocycles. The summed E-state index contributed by atoms with van der Waals surface area (Å²) in [5, 5.41) is 12.8. The van der Waals surface area contributed by atoms with Gasteiger partial charge in [0.2, 0.25) is 0 Å². The van der Waals surface area contributed by atoms with Gasteiger partial charge in [-0.05, 0) is 39.2 Å². The molecular weight excluding hydrogens is 212 g/mol. The maximum Gasteiger partial charge on any atom is 0.0446 e. The molecule has 1 aliphatic heterocycles. The molecule has 17 heavy (non-hydrogen) atoms. The van der Waals surface area contributed by atoms with Crippen LogP contribution in [0, 0.1) is 0 Å². The largest absolute Gasteiger partial charge is 0.396 e. The third-order valence-electron chi connectivity index (χ3n) is 4.51. The Labute approximate surface area is 106 Å². The first-order valence-corrected chi connectivity index (χ1v) is 7.42. The highest BCUT2D eigenvalue weighted by atomic mass is 16.3. The van der Waals surface area contributed by atoms with E-state index in [1.807, 2.05) is 0 Å². The van der Waals surface area contributed by atoms with E-state index in [2.05, 4.69) is 17.1 Å². The maximum absolute atomic E-state index is 9.26. The zero-order valence-corrected chi connectivity index (χ0v) is 11.2. The number of aliphatic hydroxyl groups excluding tert-OH is 1.